The van der Waals surface area contributed by atoms with Crippen molar-refractivity contribution in [1.29, 1.82) is 0 Å². The number of piperazine rings is 2. The predicted octanol–water partition coefficient (Wildman–Crippen LogP) is 5.41. The van der Waals surface area contributed by atoms with Crippen LogP contribution in [0.4, 0.5) is 34.8 Å². The summed E-state index contributed by atoms with van der Waals surface area (Å²) in [6.45, 7) is 4.91. The number of rotatable bonds is 10. The molecule has 0 radical (unpaired) electrons. The first-order valence-corrected chi connectivity index (χ1v) is 23.4. The van der Waals surface area contributed by atoms with Crippen LogP contribution < -0.4 is 24.6 Å². The number of nitrogens with zero attached hydrogens (tertiary/aromatic N) is 6. The molecular weight excluding hydrogens is 892 g/mol. The van der Waals surface area contributed by atoms with Gasteiger partial charge >= 0.3 is 6.18 Å². The van der Waals surface area contributed by atoms with Gasteiger partial charge in [-0.25, -0.2) is 26.8 Å². The number of hydrogen-bond acceptors (Lipinski definition) is 12. The van der Waals surface area contributed by atoms with Crippen LogP contribution >= 0.6 is 22.7 Å². The van der Waals surface area contributed by atoms with Crippen LogP contribution in [0.15, 0.2) is 112 Å². The highest BCUT2D eigenvalue weighted by atomic mass is 32.2. The van der Waals surface area contributed by atoms with Gasteiger partial charge in [-0.2, -0.15) is 13.2 Å². The number of benzene rings is 3. The van der Waals surface area contributed by atoms with E-state index in [-0.39, 0.29) is 51.9 Å². The van der Waals surface area contributed by atoms with Crippen molar-refractivity contribution < 1.29 is 44.4 Å². The highest BCUT2D eigenvalue weighted by Crippen LogP contribution is 2.34. The van der Waals surface area contributed by atoms with E-state index in [0.717, 1.165) is 30.0 Å². The molecular formula is C39H38F3N9O7S4. The molecule has 0 spiro atoms. The van der Waals surface area contributed by atoms with E-state index in [1.165, 1.54) is 80.6 Å². The lowest BCUT2D eigenvalue weighted by Gasteiger charge is -2.39. The van der Waals surface area contributed by atoms with Crippen LogP contribution in [0.5, 0.6) is 0 Å². The average molecular weight is 930 g/mol. The van der Waals surface area contributed by atoms with Crippen LogP contribution in [0.25, 0.3) is 10.9 Å². The van der Waals surface area contributed by atoms with Gasteiger partial charge in [0.1, 0.15) is 12.1 Å². The van der Waals surface area contributed by atoms with Crippen molar-refractivity contribution in [2.24, 2.45) is 0 Å². The van der Waals surface area contributed by atoms with E-state index in [1.807, 2.05) is 0 Å². The minimum atomic E-state index is -4.53. The van der Waals surface area contributed by atoms with Gasteiger partial charge in [-0.15, -0.1) is 22.7 Å². The SMILES string of the molecule is CC(C)(C(=O)N1CCN(c2ccc(S(=O)(=O)Nc3nccs3)cc2)C(=O)C1)n1ccc2ccc(C(F)(F)F)cc21.O=C1CNCCN1c1ccc(S(=O)(=O)Nc2nccs2)cc1. The van der Waals surface area contributed by atoms with Crippen molar-refractivity contribution in [2.45, 2.75) is 35.4 Å². The van der Waals surface area contributed by atoms with E-state index in [4.69, 9.17) is 0 Å². The second-order valence-corrected chi connectivity index (χ2v) is 19.5. The summed E-state index contributed by atoms with van der Waals surface area (Å²) >= 11 is 2.35. The van der Waals surface area contributed by atoms with Gasteiger partial charge in [0.05, 0.1) is 21.9 Å². The van der Waals surface area contributed by atoms with Gasteiger partial charge in [0, 0.05) is 72.4 Å². The van der Waals surface area contributed by atoms with Crippen molar-refractivity contribution in [3.63, 3.8) is 0 Å². The second kappa shape index (κ2) is 17.5. The van der Waals surface area contributed by atoms with Gasteiger partial charge in [0.25, 0.3) is 20.0 Å². The van der Waals surface area contributed by atoms with Crippen LogP contribution in [-0.2, 0) is 46.1 Å². The molecule has 0 saturated carbocycles. The Morgan fingerprint density at radius 2 is 1.29 bits per heavy atom. The van der Waals surface area contributed by atoms with E-state index in [1.54, 1.807) is 53.9 Å². The van der Waals surface area contributed by atoms with Crippen LogP contribution in [0, 0.1) is 0 Å². The lowest BCUT2D eigenvalue weighted by molar-refractivity contribution is -0.143. The topological polar surface area (TPSA) is 196 Å². The summed E-state index contributed by atoms with van der Waals surface area (Å²) in [7, 11) is -7.51. The highest BCUT2D eigenvalue weighted by molar-refractivity contribution is 7.93. The summed E-state index contributed by atoms with van der Waals surface area (Å²) in [5, 5.41) is 7.44. The number of carbonyl (C=O) groups excluding carboxylic acids is 3. The van der Waals surface area contributed by atoms with E-state index >= 15 is 0 Å². The van der Waals surface area contributed by atoms with Gasteiger partial charge in [0.15, 0.2) is 10.3 Å². The largest absolute Gasteiger partial charge is 0.416 e. The maximum absolute atomic E-state index is 13.6. The Hall–Kier alpha value is -5.88. The Labute approximate surface area is 362 Å². The normalized spacial score (nSPS) is 15.3. The molecule has 3 N–H and O–H groups in total. The molecule has 6 aromatic rings. The van der Waals surface area contributed by atoms with Crippen molar-refractivity contribution >= 4 is 93.0 Å². The third-order valence-electron chi connectivity index (χ3n) is 9.97. The van der Waals surface area contributed by atoms with Crippen LogP contribution in [0.1, 0.15) is 19.4 Å². The van der Waals surface area contributed by atoms with Gasteiger partial charge in [0.2, 0.25) is 17.7 Å². The van der Waals surface area contributed by atoms with E-state index < -0.39 is 43.2 Å². The summed E-state index contributed by atoms with van der Waals surface area (Å²) in [5.74, 6) is -0.809. The molecule has 2 saturated heterocycles. The Morgan fingerprint density at radius 3 is 1.77 bits per heavy atom. The molecule has 23 heteroatoms. The number of aromatic nitrogens is 3. The number of sulfonamides is 2. The number of thiazole rings is 2. The molecule has 0 unspecified atom stereocenters. The third kappa shape index (κ3) is 9.60. The summed E-state index contributed by atoms with van der Waals surface area (Å²) in [6.07, 6.45) is 0.0505. The predicted molar refractivity (Wildman–Crippen MR) is 229 cm³/mol. The summed E-state index contributed by atoms with van der Waals surface area (Å²) in [6, 6.07) is 17.1. The highest BCUT2D eigenvalue weighted by Gasteiger charge is 2.39. The quantitative estimate of drug-likeness (QED) is 0.160. The monoisotopic (exact) mass is 929 g/mol. The van der Waals surface area contributed by atoms with Crippen molar-refractivity contribution in [1.82, 2.24) is 24.8 Å². The first kappa shape index (κ1) is 44.2. The number of carbonyl (C=O) groups is 3. The minimum absolute atomic E-state index is 0.00194. The Balaban J connectivity index is 0.000000221. The van der Waals surface area contributed by atoms with E-state index in [0.29, 0.717) is 35.0 Å². The number of anilines is 4. The van der Waals surface area contributed by atoms with Crippen molar-refractivity contribution in [3.8, 4) is 0 Å². The van der Waals surface area contributed by atoms with Gasteiger partial charge in [-0.1, -0.05) is 6.07 Å². The summed E-state index contributed by atoms with van der Waals surface area (Å²) in [4.78, 5) is 50.8. The molecule has 0 bridgehead atoms. The number of halogens is 3. The zero-order valence-corrected chi connectivity index (χ0v) is 36.1. The van der Waals surface area contributed by atoms with Crippen LogP contribution in [0.2, 0.25) is 0 Å². The number of nitrogens with one attached hydrogen (secondary N) is 3. The van der Waals surface area contributed by atoms with Crippen LogP contribution in [0.3, 0.4) is 0 Å². The van der Waals surface area contributed by atoms with Gasteiger partial charge < -0.3 is 24.6 Å². The molecule has 0 aliphatic carbocycles. The molecule has 2 aliphatic heterocycles. The molecule has 62 heavy (non-hydrogen) atoms. The van der Waals surface area contributed by atoms with E-state index in [2.05, 4.69) is 24.7 Å². The van der Waals surface area contributed by atoms with Crippen molar-refractivity contribution in [2.75, 3.05) is 58.5 Å². The molecule has 2 fully saturated rings. The lowest BCUT2D eigenvalue weighted by Crippen LogP contribution is -2.57. The standard InChI is InChI=1S/C26H24F3N5O4S2.C13H14N4O3S2/c1-25(2,34-11-9-17-3-4-18(15-21(17)34)26(27,28)29)23(36)32-12-13-33(22(35)16-32)19-5-7-20(8-6-19)40(37,38)31-24-30-10-14-39-24;18-12-9-14-5-7-17(12)10-1-3-11(4-2-10)22(19,20)16-13-15-6-8-21-13/h3-11,14-15H,12-13,16H2,1-2H3,(H,30,31);1-4,6,8,14H,5,7,9H2,(H,15,16). The molecule has 3 aromatic carbocycles. The first-order chi connectivity index (χ1) is 29.3. The third-order valence-corrected chi connectivity index (χ3v) is 14.3. The molecule has 5 heterocycles. The fourth-order valence-electron chi connectivity index (χ4n) is 6.79. The number of hydrogen-bond donors (Lipinski definition) is 3. The number of fused-ring (bicyclic) bond motifs is 1. The smallest absolute Gasteiger partial charge is 0.333 e. The molecule has 16 nitrogen and oxygen atoms in total. The van der Waals surface area contributed by atoms with Gasteiger partial charge in [-0.05, 0) is 86.0 Å². The number of alkyl halides is 3. The molecule has 2 aliphatic rings. The maximum Gasteiger partial charge on any atom is 0.416 e. The Morgan fingerprint density at radius 1 is 0.742 bits per heavy atom. The molecule has 0 atom stereocenters. The zero-order valence-electron chi connectivity index (χ0n) is 32.9. The van der Waals surface area contributed by atoms with Crippen molar-refractivity contribution in [3.05, 3.63) is 108 Å². The molecule has 3 aromatic heterocycles. The maximum atomic E-state index is 13.6. The first-order valence-electron chi connectivity index (χ1n) is 18.7. The Kier molecular flexibility index (Phi) is 12.5. The van der Waals surface area contributed by atoms with Gasteiger partial charge in [-0.3, -0.25) is 23.8 Å². The Bertz CT molecular complexity index is 2800. The van der Waals surface area contributed by atoms with E-state index in [9.17, 15) is 44.4 Å². The number of amides is 3. The molecule has 326 valence electrons. The van der Waals surface area contributed by atoms with Crippen LogP contribution in [-0.4, -0.2) is 93.3 Å². The second-order valence-electron chi connectivity index (χ2n) is 14.4. The fraction of sp³-hybridized carbons (Fsp3) is 0.256. The summed E-state index contributed by atoms with van der Waals surface area (Å²) < 4.78 is 95.8. The summed E-state index contributed by atoms with van der Waals surface area (Å²) in [5.41, 5.74) is -0.655. The average Bonchev–Trinajstić information content (AvgIpc) is 4.04. The zero-order chi connectivity index (χ0) is 44.5. The minimum Gasteiger partial charge on any atom is -0.333 e. The lowest BCUT2D eigenvalue weighted by atomic mass is 10.0. The fourth-order valence-corrected chi connectivity index (χ4v) is 10.4. The molecule has 8 rings (SSSR count). The molecule has 3 amide bonds.